The van der Waals surface area contributed by atoms with E-state index in [9.17, 15) is 9.59 Å². The number of carbonyl (C=O) groups excluding carboxylic acids is 2. The average Bonchev–Trinajstić information content (AvgIpc) is 3.07. The van der Waals surface area contributed by atoms with Gasteiger partial charge in [0.25, 0.3) is 0 Å². The molecule has 2 aliphatic rings. The van der Waals surface area contributed by atoms with Gasteiger partial charge < -0.3 is 25.0 Å². The molecule has 2 aliphatic heterocycles. The van der Waals surface area contributed by atoms with Crippen LogP contribution in [0.1, 0.15) is 47.0 Å². The Hall–Kier alpha value is -1.50. The third kappa shape index (κ3) is 5.57. The van der Waals surface area contributed by atoms with Gasteiger partial charge >= 0.3 is 12.1 Å². The van der Waals surface area contributed by atoms with Gasteiger partial charge in [-0.25, -0.2) is 9.59 Å². The first-order valence-electron chi connectivity index (χ1n) is 8.41. The van der Waals surface area contributed by atoms with E-state index in [1.807, 2.05) is 27.7 Å². The standard InChI is InChI=1S/C16H29N3O4/c1-11(13-6-5-9-22-13)17-14(20)18-12-7-8-19(10-12)15(21)23-16(2,3)4/h11-13H,5-10H2,1-4H3,(H2,17,18,20)/t11-,12+,13+/m0/s1. The Balaban J connectivity index is 1.72. The lowest BCUT2D eigenvalue weighted by Crippen LogP contribution is -2.49. The normalized spacial score (nSPS) is 26.0. The van der Waals surface area contributed by atoms with E-state index >= 15 is 0 Å². The second-order valence-corrected chi connectivity index (χ2v) is 7.37. The number of urea groups is 1. The lowest BCUT2D eigenvalue weighted by Gasteiger charge is -2.25. The van der Waals surface area contributed by atoms with Crippen LogP contribution in [0.2, 0.25) is 0 Å². The van der Waals surface area contributed by atoms with E-state index in [-0.39, 0.29) is 30.3 Å². The molecule has 2 saturated heterocycles. The number of nitrogens with zero attached hydrogens (tertiary/aromatic N) is 1. The Morgan fingerprint density at radius 3 is 2.65 bits per heavy atom. The summed E-state index contributed by atoms with van der Waals surface area (Å²) < 4.78 is 10.9. The molecule has 7 nitrogen and oxygen atoms in total. The van der Waals surface area contributed by atoms with Gasteiger partial charge in [0, 0.05) is 25.7 Å². The minimum absolute atomic E-state index is 0.0131. The number of hydrogen-bond acceptors (Lipinski definition) is 4. The first-order valence-corrected chi connectivity index (χ1v) is 8.41. The number of ether oxygens (including phenoxy) is 2. The molecule has 3 amide bonds. The number of nitrogens with one attached hydrogen (secondary N) is 2. The summed E-state index contributed by atoms with van der Waals surface area (Å²) in [6, 6.07) is -0.260. The average molecular weight is 327 g/mol. The van der Waals surface area contributed by atoms with Gasteiger partial charge in [0.1, 0.15) is 5.60 Å². The first-order chi connectivity index (χ1) is 10.7. The highest BCUT2D eigenvalue weighted by Gasteiger charge is 2.31. The molecule has 0 spiro atoms. The summed E-state index contributed by atoms with van der Waals surface area (Å²) in [5.41, 5.74) is -0.503. The highest BCUT2D eigenvalue weighted by atomic mass is 16.6. The molecular formula is C16H29N3O4. The lowest BCUT2D eigenvalue weighted by molar-refractivity contribution is 0.0291. The number of amides is 3. The molecule has 2 fully saturated rings. The SMILES string of the molecule is C[C@H](NC(=O)N[C@@H]1CCN(C(=O)OC(C)(C)C)C1)[C@H]1CCCO1. The van der Waals surface area contributed by atoms with Gasteiger partial charge in [-0.3, -0.25) is 0 Å². The van der Waals surface area contributed by atoms with Crippen LogP contribution in [0.25, 0.3) is 0 Å². The van der Waals surface area contributed by atoms with Crippen molar-refractivity contribution in [2.75, 3.05) is 19.7 Å². The first kappa shape index (κ1) is 17.8. The minimum atomic E-state index is -0.503. The number of likely N-dealkylation sites (tertiary alicyclic amines) is 1. The smallest absolute Gasteiger partial charge is 0.410 e. The van der Waals surface area contributed by atoms with Crippen molar-refractivity contribution in [2.45, 2.75) is 70.7 Å². The van der Waals surface area contributed by atoms with E-state index in [2.05, 4.69) is 10.6 Å². The number of rotatable bonds is 3. The van der Waals surface area contributed by atoms with Gasteiger partial charge in [-0.2, -0.15) is 0 Å². The third-order valence-electron chi connectivity index (χ3n) is 4.06. The maximum absolute atomic E-state index is 12.1. The summed E-state index contributed by atoms with van der Waals surface area (Å²) in [6.45, 7) is 9.34. The highest BCUT2D eigenvalue weighted by molar-refractivity contribution is 5.75. The van der Waals surface area contributed by atoms with Crippen LogP contribution in [0.15, 0.2) is 0 Å². The minimum Gasteiger partial charge on any atom is -0.444 e. The zero-order chi connectivity index (χ0) is 17.0. The zero-order valence-corrected chi connectivity index (χ0v) is 14.6. The second kappa shape index (κ2) is 7.38. The van der Waals surface area contributed by atoms with Crippen molar-refractivity contribution < 1.29 is 19.1 Å². The quantitative estimate of drug-likeness (QED) is 0.829. The van der Waals surface area contributed by atoms with Crippen LogP contribution in [-0.4, -0.2) is 60.5 Å². The molecule has 23 heavy (non-hydrogen) atoms. The summed E-state index contributed by atoms with van der Waals surface area (Å²) in [5.74, 6) is 0. The van der Waals surface area contributed by atoms with E-state index in [0.717, 1.165) is 25.9 Å². The van der Waals surface area contributed by atoms with Crippen molar-refractivity contribution in [3.8, 4) is 0 Å². The van der Waals surface area contributed by atoms with Gasteiger partial charge in [-0.05, 0) is 47.0 Å². The summed E-state index contributed by atoms with van der Waals surface area (Å²) in [4.78, 5) is 25.7. The maximum atomic E-state index is 12.1. The predicted molar refractivity (Wildman–Crippen MR) is 86.3 cm³/mol. The van der Waals surface area contributed by atoms with E-state index in [0.29, 0.717) is 13.1 Å². The van der Waals surface area contributed by atoms with Crippen molar-refractivity contribution >= 4 is 12.1 Å². The molecule has 0 bridgehead atoms. The molecule has 132 valence electrons. The van der Waals surface area contributed by atoms with Crippen molar-refractivity contribution in [1.29, 1.82) is 0 Å². The molecule has 0 saturated carbocycles. The van der Waals surface area contributed by atoms with Crippen LogP contribution in [0.3, 0.4) is 0 Å². The van der Waals surface area contributed by atoms with Gasteiger partial charge in [-0.15, -0.1) is 0 Å². The van der Waals surface area contributed by atoms with Crippen LogP contribution in [0.4, 0.5) is 9.59 Å². The van der Waals surface area contributed by atoms with E-state index in [4.69, 9.17) is 9.47 Å². The highest BCUT2D eigenvalue weighted by Crippen LogP contribution is 2.16. The topological polar surface area (TPSA) is 79.9 Å². The molecule has 2 rings (SSSR count). The largest absolute Gasteiger partial charge is 0.444 e. The molecule has 0 aliphatic carbocycles. The van der Waals surface area contributed by atoms with Crippen molar-refractivity contribution in [1.82, 2.24) is 15.5 Å². The fraction of sp³-hybridized carbons (Fsp3) is 0.875. The number of carbonyl (C=O) groups is 2. The molecule has 0 unspecified atom stereocenters. The van der Waals surface area contributed by atoms with Gasteiger partial charge in [0.15, 0.2) is 0 Å². The van der Waals surface area contributed by atoms with E-state index in [1.165, 1.54) is 0 Å². The Kier molecular flexibility index (Phi) is 5.73. The fourth-order valence-corrected chi connectivity index (χ4v) is 2.89. The lowest BCUT2D eigenvalue weighted by atomic mass is 10.1. The van der Waals surface area contributed by atoms with E-state index in [1.54, 1.807) is 4.90 Å². The van der Waals surface area contributed by atoms with Crippen LogP contribution in [0.5, 0.6) is 0 Å². The molecule has 0 aromatic heterocycles. The summed E-state index contributed by atoms with van der Waals surface area (Å²) >= 11 is 0. The van der Waals surface area contributed by atoms with E-state index < -0.39 is 5.60 Å². The van der Waals surface area contributed by atoms with Crippen LogP contribution in [0, 0.1) is 0 Å². The Labute approximate surface area is 138 Å². The fourth-order valence-electron chi connectivity index (χ4n) is 2.89. The number of hydrogen-bond donors (Lipinski definition) is 2. The van der Waals surface area contributed by atoms with Crippen molar-refractivity contribution in [3.63, 3.8) is 0 Å². The maximum Gasteiger partial charge on any atom is 0.410 e. The van der Waals surface area contributed by atoms with Gasteiger partial charge in [0.05, 0.1) is 12.1 Å². The third-order valence-corrected chi connectivity index (χ3v) is 4.06. The van der Waals surface area contributed by atoms with Crippen molar-refractivity contribution in [2.24, 2.45) is 0 Å². The molecule has 0 aromatic carbocycles. The molecule has 0 radical (unpaired) electrons. The second-order valence-electron chi connectivity index (χ2n) is 7.37. The summed E-state index contributed by atoms with van der Waals surface area (Å²) in [5, 5.41) is 5.85. The van der Waals surface area contributed by atoms with Crippen LogP contribution < -0.4 is 10.6 Å². The Morgan fingerprint density at radius 2 is 2.04 bits per heavy atom. The molecular weight excluding hydrogens is 298 g/mol. The van der Waals surface area contributed by atoms with Crippen molar-refractivity contribution in [3.05, 3.63) is 0 Å². The summed E-state index contributed by atoms with van der Waals surface area (Å²) in [7, 11) is 0. The molecule has 2 N–H and O–H groups in total. The zero-order valence-electron chi connectivity index (χ0n) is 14.6. The molecule has 2 heterocycles. The van der Waals surface area contributed by atoms with Gasteiger partial charge in [0.2, 0.25) is 0 Å². The van der Waals surface area contributed by atoms with Gasteiger partial charge in [-0.1, -0.05) is 0 Å². The Bertz CT molecular complexity index is 430. The molecule has 7 heteroatoms. The monoisotopic (exact) mass is 327 g/mol. The van der Waals surface area contributed by atoms with Crippen LogP contribution >= 0.6 is 0 Å². The molecule has 0 aromatic rings. The van der Waals surface area contributed by atoms with Crippen LogP contribution in [-0.2, 0) is 9.47 Å². The summed E-state index contributed by atoms with van der Waals surface area (Å²) in [6.07, 6.45) is 2.54. The Morgan fingerprint density at radius 1 is 1.30 bits per heavy atom. The predicted octanol–water partition coefficient (Wildman–Crippen LogP) is 1.86. The molecule has 3 atom stereocenters.